The average Bonchev–Trinajstić information content (AvgIpc) is 2.39. The lowest BCUT2D eigenvalue weighted by molar-refractivity contribution is -0.0493. The fraction of sp³-hybridized carbons (Fsp3) is 0.500. The van der Waals surface area contributed by atoms with E-state index in [1.165, 1.54) is 11.0 Å². The van der Waals surface area contributed by atoms with Gasteiger partial charge in [0.25, 0.3) is 0 Å². The summed E-state index contributed by atoms with van der Waals surface area (Å²) < 4.78 is 29.1. The Balaban J connectivity index is 2.79. The van der Waals surface area contributed by atoms with Crippen molar-refractivity contribution >= 4 is 11.7 Å². The van der Waals surface area contributed by atoms with E-state index in [0.717, 1.165) is 0 Å². The van der Waals surface area contributed by atoms with E-state index < -0.39 is 18.7 Å². The standard InChI is InChI=1S/C14H20F2N2O3/c1-9-5-4-6-11(21-13(15)16)12(9)17-14(20)18(3)8-7-10(2)19/h4-6,10,13,19H,7-8H2,1-3H3,(H,17,20). The smallest absolute Gasteiger partial charge is 0.387 e. The Morgan fingerprint density at radius 2 is 2.14 bits per heavy atom. The van der Waals surface area contributed by atoms with Crippen LogP contribution in [0.25, 0.3) is 0 Å². The summed E-state index contributed by atoms with van der Waals surface area (Å²) in [5.41, 5.74) is 0.831. The number of alkyl halides is 2. The maximum absolute atomic E-state index is 12.4. The molecule has 0 bridgehead atoms. The lowest BCUT2D eigenvalue weighted by atomic mass is 10.2. The van der Waals surface area contributed by atoms with Gasteiger partial charge in [0.2, 0.25) is 0 Å². The van der Waals surface area contributed by atoms with Gasteiger partial charge in [-0.2, -0.15) is 8.78 Å². The zero-order chi connectivity index (χ0) is 16.0. The number of carbonyl (C=O) groups excluding carboxylic acids is 1. The zero-order valence-corrected chi connectivity index (χ0v) is 12.3. The fourth-order valence-corrected chi connectivity index (χ4v) is 1.68. The molecule has 2 amide bonds. The van der Waals surface area contributed by atoms with Crippen molar-refractivity contribution in [1.82, 2.24) is 4.90 Å². The molecule has 0 heterocycles. The molecule has 0 aliphatic rings. The van der Waals surface area contributed by atoms with Gasteiger partial charge in [-0.15, -0.1) is 0 Å². The number of hydrogen-bond donors (Lipinski definition) is 2. The first-order chi connectivity index (χ1) is 9.81. The molecule has 7 heteroatoms. The monoisotopic (exact) mass is 302 g/mol. The van der Waals surface area contributed by atoms with Crippen molar-refractivity contribution in [1.29, 1.82) is 0 Å². The van der Waals surface area contributed by atoms with Crippen molar-refractivity contribution in [2.45, 2.75) is 33.0 Å². The van der Waals surface area contributed by atoms with Crippen LogP contribution in [0.4, 0.5) is 19.3 Å². The minimum Gasteiger partial charge on any atom is -0.433 e. The number of anilines is 1. The third-order valence-electron chi connectivity index (χ3n) is 2.91. The summed E-state index contributed by atoms with van der Waals surface area (Å²) in [6, 6.07) is 4.16. The van der Waals surface area contributed by atoms with E-state index in [0.29, 0.717) is 18.5 Å². The summed E-state index contributed by atoms with van der Waals surface area (Å²) >= 11 is 0. The van der Waals surface area contributed by atoms with Crippen LogP contribution in [0.15, 0.2) is 18.2 Å². The second-order valence-corrected chi connectivity index (χ2v) is 4.82. The van der Waals surface area contributed by atoms with E-state index in [9.17, 15) is 18.7 Å². The van der Waals surface area contributed by atoms with Gasteiger partial charge in [0.15, 0.2) is 0 Å². The van der Waals surface area contributed by atoms with Gasteiger partial charge in [0.05, 0.1) is 11.8 Å². The number of nitrogens with zero attached hydrogens (tertiary/aromatic N) is 1. The second-order valence-electron chi connectivity index (χ2n) is 4.82. The van der Waals surface area contributed by atoms with Crippen LogP contribution >= 0.6 is 0 Å². The van der Waals surface area contributed by atoms with Crippen molar-refractivity contribution in [3.8, 4) is 5.75 Å². The molecule has 0 saturated carbocycles. The van der Waals surface area contributed by atoms with Crippen LogP contribution in [-0.4, -0.2) is 42.3 Å². The summed E-state index contributed by atoms with van der Waals surface area (Å²) in [6.07, 6.45) is -0.0885. The number of aryl methyl sites for hydroxylation is 1. The van der Waals surface area contributed by atoms with Gasteiger partial charge in [-0.1, -0.05) is 12.1 Å². The van der Waals surface area contributed by atoms with Crippen molar-refractivity contribution in [2.24, 2.45) is 0 Å². The van der Waals surface area contributed by atoms with Crippen LogP contribution in [-0.2, 0) is 0 Å². The van der Waals surface area contributed by atoms with Crippen LogP contribution in [0.3, 0.4) is 0 Å². The number of aliphatic hydroxyl groups excluding tert-OH is 1. The summed E-state index contributed by atoms with van der Waals surface area (Å²) in [5.74, 6) is -0.0812. The van der Waals surface area contributed by atoms with Gasteiger partial charge in [0.1, 0.15) is 5.75 Å². The van der Waals surface area contributed by atoms with Gasteiger partial charge in [-0.05, 0) is 31.9 Å². The SMILES string of the molecule is Cc1cccc(OC(F)F)c1NC(=O)N(C)CCC(C)O. The number of benzene rings is 1. The molecule has 1 rings (SSSR count). The molecular formula is C14H20F2N2O3. The number of urea groups is 1. The van der Waals surface area contributed by atoms with E-state index in [1.54, 1.807) is 33.0 Å². The number of amides is 2. The number of carbonyl (C=O) groups is 1. The molecule has 0 radical (unpaired) electrons. The van der Waals surface area contributed by atoms with Gasteiger partial charge in [0, 0.05) is 13.6 Å². The topological polar surface area (TPSA) is 61.8 Å². The number of nitrogens with one attached hydrogen (secondary N) is 1. The van der Waals surface area contributed by atoms with Crippen molar-refractivity contribution < 1.29 is 23.4 Å². The molecule has 1 unspecified atom stereocenters. The highest BCUT2D eigenvalue weighted by molar-refractivity contribution is 5.91. The second kappa shape index (κ2) is 7.78. The van der Waals surface area contributed by atoms with E-state index >= 15 is 0 Å². The Bertz CT molecular complexity index is 481. The molecule has 0 fully saturated rings. The third-order valence-corrected chi connectivity index (χ3v) is 2.91. The van der Waals surface area contributed by atoms with Gasteiger partial charge in [-0.3, -0.25) is 0 Å². The molecule has 1 aromatic carbocycles. The minimum atomic E-state index is -2.96. The number of hydrogen-bond acceptors (Lipinski definition) is 3. The lowest BCUT2D eigenvalue weighted by Gasteiger charge is -2.21. The molecule has 2 N–H and O–H groups in total. The Hall–Kier alpha value is -1.89. The molecule has 5 nitrogen and oxygen atoms in total. The molecular weight excluding hydrogens is 282 g/mol. The first-order valence-corrected chi connectivity index (χ1v) is 6.56. The average molecular weight is 302 g/mol. The van der Waals surface area contributed by atoms with Gasteiger partial charge in [-0.25, -0.2) is 4.79 Å². The van der Waals surface area contributed by atoms with Crippen LogP contribution in [0, 0.1) is 6.92 Å². The lowest BCUT2D eigenvalue weighted by Crippen LogP contribution is -2.33. The Kier molecular flexibility index (Phi) is 6.36. The van der Waals surface area contributed by atoms with Gasteiger partial charge >= 0.3 is 12.6 Å². The molecule has 0 aliphatic heterocycles. The van der Waals surface area contributed by atoms with E-state index in [-0.39, 0.29) is 11.4 Å². The van der Waals surface area contributed by atoms with Crippen molar-refractivity contribution in [2.75, 3.05) is 18.9 Å². The van der Waals surface area contributed by atoms with E-state index in [1.807, 2.05) is 0 Å². The van der Waals surface area contributed by atoms with Gasteiger partial charge < -0.3 is 20.1 Å². The number of ether oxygens (including phenoxy) is 1. The summed E-state index contributed by atoms with van der Waals surface area (Å²) in [5, 5.41) is 11.8. The summed E-state index contributed by atoms with van der Waals surface area (Å²) in [6.45, 7) is 0.696. The predicted octanol–water partition coefficient (Wildman–Crippen LogP) is 2.83. The Morgan fingerprint density at radius 1 is 1.48 bits per heavy atom. The number of para-hydroxylation sites is 1. The van der Waals surface area contributed by atoms with Crippen molar-refractivity contribution in [3.05, 3.63) is 23.8 Å². The molecule has 0 saturated heterocycles. The predicted molar refractivity (Wildman–Crippen MR) is 75.8 cm³/mol. The number of rotatable bonds is 6. The quantitative estimate of drug-likeness (QED) is 0.849. The summed E-state index contributed by atoms with van der Waals surface area (Å²) in [4.78, 5) is 13.4. The molecule has 0 aliphatic carbocycles. The Labute approximate surface area is 122 Å². The van der Waals surface area contributed by atoms with Crippen LogP contribution in [0.5, 0.6) is 5.75 Å². The zero-order valence-electron chi connectivity index (χ0n) is 12.3. The third kappa shape index (κ3) is 5.55. The number of halogens is 2. The maximum atomic E-state index is 12.4. The molecule has 21 heavy (non-hydrogen) atoms. The molecule has 0 aromatic heterocycles. The van der Waals surface area contributed by atoms with Crippen LogP contribution in [0.1, 0.15) is 18.9 Å². The minimum absolute atomic E-state index is 0.0812. The van der Waals surface area contributed by atoms with Crippen LogP contribution < -0.4 is 10.1 Å². The molecule has 0 spiro atoms. The molecule has 118 valence electrons. The van der Waals surface area contributed by atoms with E-state index in [2.05, 4.69) is 10.1 Å². The molecule has 1 atom stereocenters. The highest BCUT2D eigenvalue weighted by Gasteiger charge is 2.16. The first kappa shape index (κ1) is 17.2. The number of aliphatic hydroxyl groups is 1. The Morgan fingerprint density at radius 3 is 2.71 bits per heavy atom. The normalized spacial score (nSPS) is 12.1. The van der Waals surface area contributed by atoms with E-state index in [4.69, 9.17) is 0 Å². The van der Waals surface area contributed by atoms with Crippen molar-refractivity contribution in [3.63, 3.8) is 0 Å². The first-order valence-electron chi connectivity index (χ1n) is 6.56. The highest BCUT2D eigenvalue weighted by Crippen LogP contribution is 2.29. The fourth-order valence-electron chi connectivity index (χ4n) is 1.68. The van der Waals surface area contributed by atoms with Crippen LogP contribution in [0.2, 0.25) is 0 Å². The highest BCUT2D eigenvalue weighted by atomic mass is 19.3. The summed E-state index contributed by atoms with van der Waals surface area (Å²) in [7, 11) is 1.56. The molecule has 1 aromatic rings. The largest absolute Gasteiger partial charge is 0.433 e. The maximum Gasteiger partial charge on any atom is 0.387 e.